The number of nitrogens with zero attached hydrogens (tertiary/aromatic N) is 2. The van der Waals surface area contributed by atoms with E-state index < -0.39 is 0 Å². The Hall–Kier alpha value is -1.46. The molecule has 6 heteroatoms. The maximum absolute atomic E-state index is 13.0. The van der Waals surface area contributed by atoms with Crippen LogP contribution in [0.3, 0.4) is 0 Å². The van der Waals surface area contributed by atoms with E-state index in [1.54, 1.807) is 6.07 Å². The zero-order chi connectivity index (χ0) is 13.9. The minimum Gasteiger partial charge on any atom is -0.339 e. The molecule has 1 N–H and O–H groups in total. The summed E-state index contributed by atoms with van der Waals surface area (Å²) in [6.07, 6.45) is 3.53. The number of hydrogen-bond acceptors (Lipinski definition) is 4. The van der Waals surface area contributed by atoms with Crippen molar-refractivity contribution in [3.8, 4) is 0 Å². The van der Waals surface area contributed by atoms with Crippen LogP contribution in [0.15, 0.2) is 22.7 Å². The second kappa shape index (κ2) is 5.89. The number of rotatable bonds is 4. The molecule has 1 aliphatic rings. The van der Waals surface area contributed by atoms with Crippen LogP contribution in [0.1, 0.15) is 30.1 Å². The maximum atomic E-state index is 13.0. The fourth-order valence-electron chi connectivity index (χ4n) is 2.42. The molecule has 20 heavy (non-hydrogen) atoms. The summed E-state index contributed by atoms with van der Waals surface area (Å²) >= 11 is 5.99. The number of nitrogens with one attached hydrogen (secondary N) is 1. The molecular formula is C14H15ClFN3O. The van der Waals surface area contributed by atoms with Crippen molar-refractivity contribution < 1.29 is 8.91 Å². The number of benzene rings is 1. The number of aromatic nitrogens is 2. The molecule has 1 aromatic carbocycles. The zero-order valence-electron chi connectivity index (χ0n) is 10.9. The monoisotopic (exact) mass is 295 g/mol. The molecule has 1 aromatic heterocycles. The van der Waals surface area contributed by atoms with Crippen LogP contribution in [0.4, 0.5) is 4.39 Å². The molecule has 1 saturated heterocycles. The van der Waals surface area contributed by atoms with Gasteiger partial charge < -0.3 is 9.84 Å². The summed E-state index contributed by atoms with van der Waals surface area (Å²) in [6, 6.07) is 4.75. The summed E-state index contributed by atoms with van der Waals surface area (Å²) in [5, 5.41) is 7.72. The number of hydrogen-bond donors (Lipinski definition) is 1. The van der Waals surface area contributed by atoms with Crippen molar-refractivity contribution in [2.24, 2.45) is 0 Å². The normalized spacial score (nSPS) is 18.6. The molecule has 0 aliphatic carbocycles. The Labute approximate surface area is 121 Å². The highest BCUT2D eigenvalue weighted by Gasteiger charge is 2.18. The van der Waals surface area contributed by atoms with Gasteiger partial charge >= 0.3 is 0 Å². The topological polar surface area (TPSA) is 51.0 Å². The standard InChI is InChI=1S/C14H15ClFN3O/c15-12-7-10(16)4-3-9(12)6-13-18-14(20-19-13)8-11-2-1-5-17-11/h3-4,7,11,17H,1-2,5-6,8H2. The Morgan fingerprint density at radius 1 is 1.45 bits per heavy atom. The minimum absolute atomic E-state index is 0.347. The predicted molar refractivity (Wildman–Crippen MR) is 73.2 cm³/mol. The summed E-state index contributed by atoms with van der Waals surface area (Å²) in [5.41, 5.74) is 0.791. The van der Waals surface area contributed by atoms with Gasteiger partial charge in [0, 0.05) is 23.9 Å². The van der Waals surface area contributed by atoms with E-state index in [1.807, 2.05) is 0 Å². The second-order valence-corrected chi connectivity index (χ2v) is 5.42. The molecule has 0 bridgehead atoms. The maximum Gasteiger partial charge on any atom is 0.228 e. The van der Waals surface area contributed by atoms with Crippen LogP contribution in [0.2, 0.25) is 5.02 Å². The second-order valence-electron chi connectivity index (χ2n) is 5.01. The van der Waals surface area contributed by atoms with Crippen molar-refractivity contribution in [2.45, 2.75) is 31.7 Å². The molecule has 0 spiro atoms. The Morgan fingerprint density at radius 2 is 2.35 bits per heavy atom. The van der Waals surface area contributed by atoms with Crippen molar-refractivity contribution in [1.29, 1.82) is 0 Å². The average molecular weight is 296 g/mol. The molecule has 4 nitrogen and oxygen atoms in total. The summed E-state index contributed by atoms with van der Waals surface area (Å²) in [5.74, 6) is 0.865. The molecule has 3 rings (SSSR count). The predicted octanol–water partition coefficient (Wildman–Crippen LogP) is 2.75. The van der Waals surface area contributed by atoms with Gasteiger partial charge in [0.05, 0.1) is 0 Å². The van der Waals surface area contributed by atoms with E-state index in [0.29, 0.717) is 29.2 Å². The van der Waals surface area contributed by atoms with Crippen LogP contribution in [-0.4, -0.2) is 22.7 Å². The molecule has 106 valence electrons. The highest BCUT2D eigenvalue weighted by atomic mass is 35.5. The van der Waals surface area contributed by atoms with Crippen molar-refractivity contribution in [3.05, 3.63) is 46.3 Å². The first-order chi connectivity index (χ1) is 9.70. The quantitative estimate of drug-likeness (QED) is 0.942. The Balaban J connectivity index is 1.67. The van der Waals surface area contributed by atoms with Gasteiger partial charge in [-0.1, -0.05) is 22.8 Å². The van der Waals surface area contributed by atoms with Gasteiger partial charge in [0.15, 0.2) is 5.82 Å². The van der Waals surface area contributed by atoms with Crippen LogP contribution in [-0.2, 0) is 12.8 Å². The lowest BCUT2D eigenvalue weighted by Crippen LogP contribution is -2.23. The highest BCUT2D eigenvalue weighted by Crippen LogP contribution is 2.20. The van der Waals surface area contributed by atoms with Gasteiger partial charge in [-0.05, 0) is 37.1 Å². The zero-order valence-corrected chi connectivity index (χ0v) is 11.7. The van der Waals surface area contributed by atoms with E-state index in [9.17, 15) is 4.39 Å². The van der Waals surface area contributed by atoms with Gasteiger partial charge in [0.1, 0.15) is 5.82 Å². The fraction of sp³-hybridized carbons (Fsp3) is 0.429. The van der Waals surface area contributed by atoms with E-state index in [4.69, 9.17) is 16.1 Å². The average Bonchev–Trinajstić information content (AvgIpc) is 3.06. The van der Waals surface area contributed by atoms with Gasteiger partial charge in [-0.2, -0.15) is 4.98 Å². The lowest BCUT2D eigenvalue weighted by Gasteiger charge is -2.04. The third-order valence-corrected chi connectivity index (χ3v) is 3.81. The summed E-state index contributed by atoms with van der Waals surface area (Å²) in [6.45, 7) is 1.05. The highest BCUT2D eigenvalue weighted by molar-refractivity contribution is 6.31. The van der Waals surface area contributed by atoms with Gasteiger partial charge in [-0.15, -0.1) is 0 Å². The SMILES string of the molecule is Fc1ccc(Cc2noc(CC3CCCN3)n2)c(Cl)c1. The van der Waals surface area contributed by atoms with E-state index in [0.717, 1.165) is 24.9 Å². The van der Waals surface area contributed by atoms with E-state index >= 15 is 0 Å². The Bertz CT molecular complexity index is 596. The first kappa shape index (κ1) is 13.5. The Kier molecular flexibility index (Phi) is 3.98. The summed E-state index contributed by atoms with van der Waals surface area (Å²) in [4.78, 5) is 4.36. The molecule has 1 fully saturated rings. The molecular weight excluding hydrogens is 281 g/mol. The molecule has 1 unspecified atom stereocenters. The van der Waals surface area contributed by atoms with E-state index in [1.165, 1.54) is 18.6 Å². The third kappa shape index (κ3) is 3.16. The van der Waals surface area contributed by atoms with E-state index in [-0.39, 0.29) is 5.82 Å². The molecule has 2 heterocycles. The molecule has 0 amide bonds. The molecule has 0 saturated carbocycles. The van der Waals surface area contributed by atoms with Crippen LogP contribution in [0.25, 0.3) is 0 Å². The van der Waals surface area contributed by atoms with Crippen LogP contribution in [0.5, 0.6) is 0 Å². The first-order valence-corrected chi connectivity index (χ1v) is 7.07. The molecule has 1 atom stereocenters. The van der Waals surface area contributed by atoms with Gasteiger partial charge in [-0.25, -0.2) is 4.39 Å². The first-order valence-electron chi connectivity index (χ1n) is 6.69. The van der Waals surface area contributed by atoms with Gasteiger partial charge in [0.2, 0.25) is 5.89 Å². The van der Waals surface area contributed by atoms with Crippen molar-refractivity contribution >= 4 is 11.6 Å². The van der Waals surface area contributed by atoms with Crippen LogP contribution < -0.4 is 5.32 Å². The van der Waals surface area contributed by atoms with Crippen LogP contribution >= 0.6 is 11.6 Å². The Morgan fingerprint density at radius 3 is 3.10 bits per heavy atom. The van der Waals surface area contributed by atoms with Crippen molar-refractivity contribution in [1.82, 2.24) is 15.5 Å². The molecule has 1 aliphatic heterocycles. The summed E-state index contributed by atoms with van der Waals surface area (Å²) in [7, 11) is 0. The van der Waals surface area contributed by atoms with E-state index in [2.05, 4.69) is 15.5 Å². The molecule has 2 aromatic rings. The summed E-state index contributed by atoms with van der Waals surface area (Å²) < 4.78 is 18.2. The lowest BCUT2D eigenvalue weighted by atomic mass is 10.1. The third-order valence-electron chi connectivity index (χ3n) is 3.46. The van der Waals surface area contributed by atoms with Crippen LogP contribution in [0, 0.1) is 5.82 Å². The smallest absolute Gasteiger partial charge is 0.228 e. The van der Waals surface area contributed by atoms with Gasteiger partial charge in [0.25, 0.3) is 0 Å². The fourth-order valence-corrected chi connectivity index (χ4v) is 2.66. The van der Waals surface area contributed by atoms with Crippen molar-refractivity contribution in [2.75, 3.05) is 6.54 Å². The lowest BCUT2D eigenvalue weighted by molar-refractivity contribution is 0.360. The van der Waals surface area contributed by atoms with Crippen molar-refractivity contribution in [3.63, 3.8) is 0 Å². The minimum atomic E-state index is -0.347. The number of halogens is 2. The van der Waals surface area contributed by atoms with Gasteiger partial charge in [-0.3, -0.25) is 0 Å². The largest absolute Gasteiger partial charge is 0.339 e. The molecule has 0 radical (unpaired) electrons.